The van der Waals surface area contributed by atoms with Crippen LogP contribution in [0.15, 0.2) is 23.1 Å². The van der Waals surface area contributed by atoms with E-state index in [1.165, 1.54) is 25.3 Å². The second-order valence-electron chi connectivity index (χ2n) is 4.89. The highest BCUT2D eigenvalue weighted by molar-refractivity contribution is 7.98. The van der Waals surface area contributed by atoms with E-state index in [1.54, 1.807) is 11.8 Å². The van der Waals surface area contributed by atoms with Crippen molar-refractivity contribution in [3.8, 4) is 0 Å². The van der Waals surface area contributed by atoms with Gasteiger partial charge >= 0.3 is 5.97 Å². The van der Waals surface area contributed by atoms with Gasteiger partial charge in [-0.3, -0.25) is 4.79 Å². The molecule has 0 saturated heterocycles. The highest BCUT2D eigenvalue weighted by Crippen LogP contribution is 2.20. The molecule has 10 heteroatoms. The monoisotopic (exact) mass is 396 g/mol. The summed E-state index contributed by atoms with van der Waals surface area (Å²) in [6.45, 7) is 0. The lowest BCUT2D eigenvalue weighted by Gasteiger charge is -2.13. The van der Waals surface area contributed by atoms with Crippen LogP contribution in [0, 0.1) is 0 Å². The number of benzene rings is 1. The zero-order valence-corrected chi connectivity index (χ0v) is 16.0. The zero-order chi connectivity index (χ0) is 17.6. The molecule has 136 valence electrons. The van der Waals surface area contributed by atoms with Gasteiger partial charge in [0.2, 0.25) is 5.91 Å². The first-order valence-electron chi connectivity index (χ1n) is 6.68. The first-order valence-corrected chi connectivity index (χ1v) is 9.96. The molecule has 0 heterocycles. The number of rotatable bonds is 7. The predicted octanol–water partition coefficient (Wildman–Crippen LogP) is 1.32. The van der Waals surface area contributed by atoms with Crippen LogP contribution in [0.5, 0.6) is 0 Å². The van der Waals surface area contributed by atoms with Crippen LogP contribution >= 0.6 is 24.2 Å². The normalized spacial score (nSPS) is 12.0. The van der Waals surface area contributed by atoms with E-state index in [2.05, 4.69) is 10.1 Å². The summed E-state index contributed by atoms with van der Waals surface area (Å²) in [4.78, 5) is 23.6. The maximum atomic E-state index is 12.0. The number of hydrogen-bond donors (Lipinski definition) is 2. The van der Waals surface area contributed by atoms with Gasteiger partial charge in [-0.1, -0.05) is 0 Å². The Hall–Kier alpha value is -1.29. The Bertz CT molecular complexity index is 694. The van der Waals surface area contributed by atoms with Gasteiger partial charge in [0.1, 0.15) is 0 Å². The number of carbonyl (C=O) groups excluding carboxylic acids is 2. The molecule has 1 atom stereocenters. The number of ether oxygens (including phenoxy) is 1. The molecule has 1 rings (SSSR count). The number of sulfone groups is 1. The quantitative estimate of drug-likeness (QED) is 0.667. The largest absolute Gasteiger partial charge is 0.465 e. The van der Waals surface area contributed by atoms with E-state index >= 15 is 0 Å². The fraction of sp³-hybridized carbons (Fsp3) is 0.429. The van der Waals surface area contributed by atoms with Crippen molar-refractivity contribution in [3.63, 3.8) is 0 Å². The average molecular weight is 397 g/mol. The smallest absolute Gasteiger partial charge is 0.337 e. The van der Waals surface area contributed by atoms with Crippen molar-refractivity contribution in [1.82, 2.24) is 0 Å². The van der Waals surface area contributed by atoms with E-state index in [0.29, 0.717) is 6.42 Å². The number of nitrogens with one attached hydrogen (secondary N) is 1. The van der Waals surface area contributed by atoms with E-state index in [-0.39, 0.29) is 28.6 Å². The Morgan fingerprint density at radius 1 is 1.33 bits per heavy atom. The minimum Gasteiger partial charge on any atom is -0.465 e. The molecule has 0 radical (unpaired) electrons. The van der Waals surface area contributed by atoms with E-state index in [1.807, 2.05) is 6.26 Å². The molecule has 1 aromatic carbocycles. The molecule has 0 aliphatic rings. The molecule has 24 heavy (non-hydrogen) atoms. The van der Waals surface area contributed by atoms with E-state index in [4.69, 9.17) is 5.73 Å². The Labute approximate surface area is 152 Å². The summed E-state index contributed by atoms with van der Waals surface area (Å²) in [6, 6.07) is 3.11. The van der Waals surface area contributed by atoms with Gasteiger partial charge in [-0.2, -0.15) is 11.8 Å². The van der Waals surface area contributed by atoms with Crippen LogP contribution in [0.3, 0.4) is 0 Å². The Kier molecular flexibility index (Phi) is 9.34. The summed E-state index contributed by atoms with van der Waals surface area (Å²) in [7, 11) is -2.37. The number of halogens is 1. The van der Waals surface area contributed by atoms with Gasteiger partial charge in [-0.15, -0.1) is 12.4 Å². The second-order valence-corrected chi connectivity index (χ2v) is 7.89. The standard InChI is InChI=1S/C14H20N2O5S2.ClH/c1-21-14(18)9-6-10(8-11(7-9)23(3,19)20)16-13(17)12(15)4-5-22-2;/h6-8,12H,4-5,15H2,1-3H3,(H,16,17);1H/t12-;/m0./s1. The van der Waals surface area contributed by atoms with Crippen LogP contribution in [-0.4, -0.2) is 51.7 Å². The molecule has 3 N–H and O–H groups in total. The van der Waals surface area contributed by atoms with Crippen molar-refractivity contribution in [3.05, 3.63) is 23.8 Å². The van der Waals surface area contributed by atoms with E-state index in [9.17, 15) is 18.0 Å². The lowest BCUT2D eigenvalue weighted by molar-refractivity contribution is -0.117. The van der Waals surface area contributed by atoms with E-state index in [0.717, 1.165) is 12.0 Å². The fourth-order valence-corrected chi connectivity index (χ4v) is 2.90. The molecule has 1 amide bonds. The summed E-state index contributed by atoms with van der Waals surface area (Å²) < 4.78 is 28.0. The van der Waals surface area contributed by atoms with Crippen LogP contribution in [0.2, 0.25) is 0 Å². The maximum Gasteiger partial charge on any atom is 0.337 e. The van der Waals surface area contributed by atoms with Gasteiger partial charge in [-0.05, 0) is 36.6 Å². The topological polar surface area (TPSA) is 116 Å². The maximum absolute atomic E-state index is 12.0. The molecule has 0 spiro atoms. The van der Waals surface area contributed by atoms with Crippen molar-refractivity contribution in [2.24, 2.45) is 5.73 Å². The second kappa shape index (κ2) is 9.87. The molecule has 0 aromatic heterocycles. The van der Waals surface area contributed by atoms with Gasteiger partial charge < -0.3 is 15.8 Å². The molecule has 1 aromatic rings. The number of nitrogens with two attached hydrogens (primary N) is 1. The number of hydrogen-bond acceptors (Lipinski definition) is 7. The Morgan fingerprint density at radius 2 is 1.96 bits per heavy atom. The average Bonchev–Trinajstić information content (AvgIpc) is 2.50. The minimum absolute atomic E-state index is 0. The van der Waals surface area contributed by atoms with Gasteiger partial charge in [-0.25, -0.2) is 13.2 Å². The molecular weight excluding hydrogens is 376 g/mol. The summed E-state index contributed by atoms with van der Waals surface area (Å²) >= 11 is 1.57. The molecule has 0 unspecified atom stereocenters. The molecule has 0 bridgehead atoms. The third kappa shape index (κ3) is 6.68. The number of esters is 1. The molecule has 0 aliphatic carbocycles. The van der Waals surface area contributed by atoms with Crippen LogP contribution in [0.4, 0.5) is 5.69 Å². The van der Waals surface area contributed by atoms with Crippen LogP contribution in [0.25, 0.3) is 0 Å². The number of anilines is 1. The van der Waals surface area contributed by atoms with Crippen LogP contribution < -0.4 is 11.1 Å². The number of amides is 1. The molecule has 0 fully saturated rings. The zero-order valence-electron chi connectivity index (χ0n) is 13.6. The van der Waals surface area contributed by atoms with Gasteiger partial charge in [0.05, 0.1) is 23.6 Å². The molecule has 7 nitrogen and oxygen atoms in total. The van der Waals surface area contributed by atoms with Crippen molar-refractivity contribution in [2.45, 2.75) is 17.4 Å². The van der Waals surface area contributed by atoms with Crippen LogP contribution in [-0.2, 0) is 19.4 Å². The number of carbonyl (C=O) groups is 2. The van der Waals surface area contributed by atoms with E-state index < -0.39 is 27.8 Å². The number of thioether (sulfide) groups is 1. The molecular formula is C14H21ClN2O5S2. The third-order valence-electron chi connectivity index (χ3n) is 2.99. The third-order valence-corrected chi connectivity index (χ3v) is 4.73. The lowest BCUT2D eigenvalue weighted by Crippen LogP contribution is -2.36. The summed E-state index contributed by atoms with van der Waals surface area (Å²) in [5.74, 6) is -0.413. The number of methoxy groups -OCH3 is 1. The van der Waals surface area contributed by atoms with Gasteiger partial charge in [0.25, 0.3) is 0 Å². The lowest BCUT2D eigenvalue weighted by atomic mass is 10.2. The minimum atomic E-state index is -3.55. The summed E-state index contributed by atoms with van der Waals surface area (Å²) in [5.41, 5.74) is 5.97. The SMILES string of the molecule is COC(=O)c1cc(NC(=O)[C@@H](N)CCSC)cc(S(C)(=O)=O)c1.Cl. The summed E-state index contributed by atoms with van der Waals surface area (Å²) in [6.07, 6.45) is 3.41. The Morgan fingerprint density at radius 3 is 2.46 bits per heavy atom. The highest BCUT2D eigenvalue weighted by atomic mass is 35.5. The van der Waals surface area contributed by atoms with Gasteiger partial charge in [0, 0.05) is 11.9 Å². The predicted molar refractivity (Wildman–Crippen MR) is 97.7 cm³/mol. The highest BCUT2D eigenvalue weighted by Gasteiger charge is 2.18. The first-order chi connectivity index (χ1) is 10.7. The van der Waals surface area contributed by atoms with Crippen LogP contribution in [0.1, 0.15) is 16.8 Å². The first kappa shape index (κ1) is 22.7. The fourth-order valence-electron chi connectivity index (χ4n) is 1.73. The van der Waals surface area contributed by atoms with Crippen molar-refractivity contribution < 1.29 is 22.7 Å². The van der Waals surface area contributed by atoms with Crippen molar-refractivity contribution in [1.29, 1.82) is 0 Å². The molecule has 0 saturated carbocycles. The van der Waals surface area contributed by atoms with Crippen molar-refractivity contribution >= 4 is 51.6 Å². The van der Waals surface area contributed by atoms with Crippen molar-refractivity contribution in [2.75, 3.05) is 30.7 Å². The summed E-state index contributed by atoms with van der Waals surface area (Å²) in [5, 5.41) is 2.54. The van der Waals surface area contributed by atoms with Gasteiger partial charge in [0.15, 0.2) is 9.84 Å². The molecule has 0 aliphatic heterocycles. The Balaban J connectivity index is 0.00000529.